The van der Waals surface area contributed by atoms with Crippen molar-refractivity contribution in [1.82, 2.24) is 19.9 Å². The third kappa shape index (κ3) is 5.75. The average Bonchev–Trinajstić information content (AvgIpc) is 3.15. The molecule has 0 saturated heterocycles. The summed E-state index contributed by atoms with van der Waals surface area (Å²) in [6.45, 7) is 13.9. The number of nitrogens with two attached hydrogens (primary N) is 1. The van der Waals surface area contributed by atoms with E-state index in [4.69, 9.17) is 12.3 Å². The Kier molecular flexibility index (Phi) is 9.09. The van der Waals surface area contributed by atoms with Crippen LogP contribution in [-0.4, -0.2) is 61.7 Å². The van der Waals surface area contributed by atoms with Crippen LogP contribution in [-0.2, 0) is 11.3 Å². The molecule has 0 bridgehead atoms. The molecule has 2 heterocycles. The first-order valence-electron chi connectivity index (χ1n) is 11.5. The molecule has 0 saturated carbocycles. The van der Waals surface area contributed by atoms with Crippen molar-refractivity contribution in [2.45, 2.75) is 51.1 Å². The zero-order valence-corrected chi connectivity index (χ0v) is 21.0. The van der Waals surface area contributed by atoms with Crippen LogP contribution in [0, 0.1) is 13.5 Å². The van der Waals surface area contributed by atoms with Gasteiger partial charge in [0.1, 0.15) is 23.0 Å². The number of amides is 1. The average molecular weight is 497 g/mol. The maximum absolute atomic E-state index is 13.2. The van der Waals surface area contributed by atoms with Gasteiger partial charge in [-0.1, -0.05) is 29.8 Å². The van der Waals surface area contributed by atoms with Gasteiger partial charge in [0.15, 0.2) is 0 Å². The lowest BCUT2D eigenvalue weighted by Gasteiger charge is -2.23. The Bertz CT molecular complexity index is 1200. The quantitative estimate of drug-likeness (QED) is 0.300. The molecule has 3 rings (SSSR count). The number of aliphatic hydroxyl groups excluding tert-OH is 2. The number of benzene rings is 1. The second-order valence-electron chi connectivity index (χ2n) is 8.56. The minimum absolute atomic E-state index is 0.0337. The Hall–Kier alpha value is -3.13. The van der Waals surface area contributed by atoms with E-state index in [0.29, 0.717) is 41.3 Å². The summed E-state index contributed by atoms with van der Waals surface area (Å²) in [6, 6.07) is 6.75. The molecule has 0 fully saturated rings. The topological polar surface area (TPSA) is 131 Å². The Balaban J connectivity index is 2.38. The number of nitrogen functional groups attached to an aromatic ring is 1. The molecule has 2 unspecified atom stereocenters. The zero-order valence-electron chi connectivity index (χ0n) is 20.2. The number of aliphatic hydroxyl groups is 2. The number of hydrogen-bond donors (Lipinski definition) is 4. The number of carbonyl (C=O) groups excluding carboxylic acids is 1. The summed E-state index contributed by atoms with van der Waals surface area (Å²) in [5.41, 5.74) is 10.4. The van der Waals surface area contributed by atoms with Crippen LogP contribution in [0.15, 0.2) is 30.6 Å². The maximum atomic E-state index is 13.2. The van der Waals surface area contributed by atoms with Gasteiger partial charge in [0, 0.05) is 36.2 Å². The predicted octanol–water partition coefficient (Wildman–Crippen LogP) is 2.95. The van der Waals surface area contributed by atoms with Gasteiger partial charge in [-0.2, -0.15) is 0 Å². The first-order chi connectivity index (χ1) is 16.8. The number of nitrogens with one attached hydrogen (secondary N) is 1. The molecular weight excluding hydrogens is 464 g/mol. The molecular formula is C25H32N6O3S. The van der Waals surface area contributed by atoms with E-state index in [9.17, 15) is 15.0 Å². The van der Waals surface area contributed by atoms with Gasteiger partial charge >= 0.3 is 11.9 Å². The number of aromatic nitrogens is 3. The number of aryl methyl sites for hydroxylation is 2. The molecule has 0 spiro atoms. The van der Waals surface area contributed by atoms with Crippen LogP contribution in [0.25, 0.3) is 27.0 Å². The summed E-state index contributed by atoms with van der Waals surface area (Å²) in [5.74, 6) is 0.256. The van der Waals surface area contributed by atoms with Crippen LogP contribution < -0.4 is 11.1 Å². The second kappa shape index (κ2) is 12.0. The summed E-state index contributed by atoms with van der Waals surface area (Å²) >= 11 is 1.35. The van der Waals surface area contributed by atoms with Gasteiger partial charge in [-0.15, -0.1) is 11.8 Å². The van der Waals surface area contributed by atoms with E-state index >= 15 is 0 Å². The zero-order chi connectivity index (χ0) is 25.5. The second-order valence-corrected chi connectivity index (χ2v) is 9.81. The van der Waals surface area contributed by atoms with Crippen LogP contribution >= 0.6 is 11.8 Å². The van der Waals surface area contributed by atoms with Crippen LogP contribution in [0.5, 0.6) is 0 Å². The largest absolute Gasteiger partial charge is 0.396 e. The molecule has 5 N–H and O–H groups in total. The number of rotatable bonds is 11. The fourth-order valence-corrected chi connectivity index (χ4v) is 5.24. The van der Waals surface area contributed by atoms with E-state index in [-0.39, 0.29) is 25.2 Å². The highest BCUT2D eigenvalue weighted by Gasteiger charge is 2.40. The number of fused-ring (bicyclic) bond motifs is 1. The lowest BCUT2D eigenvalue weighted by molar-refractivity contribution is -0.122. The van der Waals surface area contributed by atoms with Gasteiger partial charge in [-0.3, -0.25) is 4.79 Å². The molecule has 1 aromatic carbocycles. The molecule has 0 aliphatic rings. The van der Waals surface area contributed by atoms with Gasteiger partial charge in [-0.05, 0) is 32.8 Å². The summed E-state index contributed by atoms with van der Waals surface area (Å²) in [6.07, 6.45) is 1.84. The molecule has 2 aromatic heterocycles. The molecule has 3 aromatic rings. The highest BCUT2D eigenvalue weighted by Crippen LogP contribution is 2.45. The minimum atomic E-state index is -1.05. The normalized spacial score (nSPS) is 13.1. The highest BCUT2D eigenvalue weighted by molar-refractivity contribution is 7.99. The molecule has 0 aliphatic carbocycles. The number of anilines is 1. The molecule has 35 heavy (non-hydrogen) atoms. The Labute approximate surface area is 209 Å². The van der Waals surface area contributed by atoms with E-state index in [1.165, 1.54) is 18.1 Å². The van der Waals surface area contributed by atoms with Crippen molar-refractivity contribution in [2.24, 2.45) is 0 Å². The molecule has 1 amide bonds. The lowest BCUT2D eigenvalue weighted by Crippen LogP contribution is -2.40. The van der Waals surface area contributed by atoms with Crippen molar-refractivity contribution in [1.29, 1.82) is 0 Å². The number of hydrogen-bond acceptors (Lipinski definition) is 7. The van der Waals surface area contributed by atoms with E-state index in [0.717, 1.165) is 16.7 Å². The highest BCUT2D eigenvalue weighted by atomic mass is 32.2. The van der Waals surface area contributed by atoms with Crippen molar-refractivity contribution < 1.29 is 15.0 Å². The van der Waals surface area contributed by atoms with Gasteiger partial charge in [0.2, 0.25) is 0 Å². The van der Waals surface area contributed by atoms with Crippen LogP contribution in [0.2, 0.25) is 0 Å². The standard InChI is InChI=1S/C25H32N6O3S/c1-15(2)30-25(34)20(27-4)22(35-13-12-33)21-18(17-8-6-16(3)7-9-17)19-23(26)28-14-29-24(19)31(21)10-5-11-32/h6-9,14-15,20,22,32-33H,5,10-13H2,1-3H3,(H,30,34)(H2,26,28,29). The van der Waals surface area contributed by atoms with Gasteiger partial charge in [-0.25, -0.2) is 16.5 Å². The monoisotopic (exact) mass is 496 g/mol. The fraction of sp³-hybridized carbons (Fsp3) is 0.440. The number of thioether (sulfide) groups is 1. The van der Waals surface area contributed by atoms with E-state index in [1.807, 2.05) is 49.6 Å². The van der Waals surface area contributed by atoms with E-state index < -0.39 is 11.3 Å². The Morgan fingerprint density at radius 1 is 1.23 bits per heavy atom. The van der Waals surface area contributed by atoms with E-state index in [1.54, 1.807) is 0 Å². The van der Waals surface area contributed by atoms with Crippen LogP contribution in [0.1, 0.15) is 36.8 Å². The molecule has 0 radical (unpaired) electrons. The van der Waals surface area contributed by atoms with Gasteiger partial charge < -0.3 is 30.7 Å². The molecule has 9 nitrogen and oxygen atoms in total. The fourth-order valence-electron chi connectivity index (χ4n) is 4.11. The minimum Gasteiger partial charge on any atom is -0.396 e. The summed E-state index contributed by atoms with van der Waals surface area (Å²) < 4.78 is 1.94. The third-order valence-electron chi connectivity index (χ3n) is 5.57. The van der Waals surface area contributed by atoms with Crippen molar-refractivity contribution in [2.75, 3.05) is 24.7 Å². The van der Waals surface area contributed by atoms with Crippen LogP contribution in [0.3, 0.4) is 0 Å². The number of carbonyl (C=O) groups is 1. The molecule has 2 atom stereocenters. The van der Waals surface area contributed by atoms with E-state index in [2.05, 4.69) is 20.1 Å². The van der Waals surface area contributed by atoms with Crippen LogP contribution in [0.4, 0.5) is 5.82 Å². The Morgan fingerprint density at radius 2 is 1.94 bits per heavy atom. The van der Waals surface area contributed by atoms with Gasteiger partial charge in [0.05, 0.1) is 12.0 Å². The smallest absolute Gasteiger partial charge is 0.317 e. The summed E-state index contributed by atoms with van der Waals surface area (Å²) in [7, 11) is 0. The molecule has 186 valence electrons. The first-order valence-corrected chi connectivity index (χ1v) is 12.6. The summed E-state index contributed by atoms with van der Waals surface area (Å²) in [5, 5.41) is 22.1. The van der Waals surface area contributed by atoms with Gasteiger partial charge in [0.25, 0.3) is 0 Å². The lowest BCUT2D eigenvalue weighted by atomic mass is 9.97. The SMILES string of the molecule is [C-]#[N+]C(C(=O)NC(C)C)C(SCCO)c1c(-c2ccc(C)cc2)c2c(N)ncnc2n1CCCO. The third-order valence-corrected chi connectivity index (χ3v) is 6.83. The molecule has 0 aliphatic heterocycles. The first kappa shape index (κ1) is 26.5. The van der Waals surface area contributed by atoms with Crippen molar-refractivity contribution in [3.8, 4) is 11.1 Å². The number of nitrogens with zero attached hydrogens (tertiary/aromatic N) is 4. The van der Waals surface area contributed by atoms with Crippen molar-refractivity contribution >= 4 is 34.5 Å². The Morgan fingerprint density at radius 3 is 2.54 bits per heavy atom. The molecule has 10 heteroatoms. The predicted molar refractivity (Wildman–Crippen MR) is 140 cm³/mol. The van der Waals surface area contributed by atoms with Crippen molar-refractivity contribution in [3.05, 3.63) is 53.3 Å². The summed E-state index contributed by atoms with van der Waals surface area (Å²) in [4.78, 5) is 25.6. The maximum Gasteiger partial charge on any atom is 0.317 e. The van der Waals surface area contributed by atoms with Crippen molar-refractivity contribution in [3.63, 3.8) is 0 Å².